The van der Waals surface area contributed by atoms with E-state index in [1.165, 1.54) is 0 Å². The van der Waals surface area contributed by atoms with Crippen LogP contribution in [-0.2, 0) is 9.59 Å². The third-order valence-electron chi connectivity index (χ3n) is 2.21. The van der Waals surface area contributed by atoms with E-state index >= 15 is 0 Å². The van der Waals surface area contributed by atoms with Gasteiger partial charge in [-0.15, -0.1) is 0 Å². The lowest BCUT2D eigenvalue weighted by Gasteiger charge is -2.15. The van der Waals surface area contributed by atoms with Crippen molar-refractivity contribution in [1.82, 2.24) is 5.32 Å². The zero-order valence-electron chi connectivity index (χ0n) is 8.88. The van der Waals surface area contributed by atoms with E-state index in [0.717, 1.165) is 5.56 Å². The summed E-state index contributed by atoms with van der Waals surface area (Å²) in [5, 5.41) is 11.1. The van der Waals surface area contributed by atoms with Crippen LogP contribution in [-0.4, -0.2) is 23.0 Å². The van der Waals surface area contributed by atoms with Gasteiger partial charge in [0.2, 0.25) is 5.91 Å². The summed E-state index contributed by atoms with van der Waals surface area (Å²) in [5.74, 6) is -2.03. The first kappa shape index (κ1) is 12.2. The Hall–Kier alpha value is -1.88. The van der Waals surface area contributed by atoms with Gasteiger partial charge in [-0.1, -0.05) is 30.3 Å². The van der Waals surface area contributed by atoms with Crippen molar-refractivity contribution in [3.63, 3.8) is 0 Å². The Morgan fingerprint density at radius 3 is 2.38 bits per heavy atom. The lowest BCUT2D eigenvalue weighted by Crippen LogP contribution is -2.46. The van der Waals surface area contributed by atoms with Crippen LogP contribution in [0.1, 0.15) is 18.5 Å². The minimum absolute atomic E-state index is 0.265. The highest BCUT2D eigenvalue weighted by molar-refractivity contribution is 6.00. The number of hydrogen-bond donors (Lipinski definition) is 3. The molecule has 0 heterocycles. The second kappa shape index (κ2) is 5.27. The quantitative estimate of drug-likeness (QED) is 0.638. The first-order chi connectivity index (χ1) is 7.52. The smallest absolute Gasteiger partial charge is 0.330 e. The SMILES string of the molecule is CC(NC(=O)C(N)C(=O)O)c1ccccc1. The Bertz CT molecular complexity index is 378. The van der Waals surface area contributed by atoms with Crippen molar-refractivity contribution in [2.75, 3.05) is 0 Å². The molecule has 0 saturated carbocycles. The second-order valence-electron chi connectivity index (χ2n) is 3.46. The molecule has 2 atom stereocenters. The van der Waals surface area contributed by atoms with Crippen LogP contribution >= 0.6 is 0 Å². The molecule has 0 radical (unpaired) electrons. The van der Waals surface area contributed by atoms with Gasteiger partial charge in [0.15, 0.2) is 6.04 Å². The lowest BCUT2D eigenvalue weighted by atomic mass is 10.1. The third kappa shape index (κ3) is 3.06. The number of aliphatic carboxylic acids is 1. The van der Waals surface area contributed by atoms with Crippen LogP contribution < -0.4 is 11.1 Å². The average Bonchev–Trinajstić information content (AvgIpc) is 2.28. The van der Waals surface area contributed by atoms with Crippen LogP contribution in [0.5, 0.6) is 0 Å². The Kier molecular flexibility index (Phi) is 4.02. The molecule has 0 saturated heterocycles. The van der Waals surface area contributed by atoms with E-state index in [9.17, 15) is 9.59 Å². The molecule has 86 valence electrons. The van der Waals surface area contributed by atoms with Crippen molar-refractivity contribution in [2.24, 2.45) is 5.73 Å². The predicted octanol–water partition coefficient (Wildman–Crippen LogP) is 0.276. The zero-order valence-corrected chi connectivity index (χ0v) is 8.88. The van der Waals surface area contributed by atoms with Gasteiger partial charge < -0.3 is 16.2 Å². The predicted molar refractivity (Wildman–Crippen MR) is 58.6 cm³/mol. The van der Waals surface area contributed by atoms with Crippen molar-refractivity contribution >= 4 is 11.9 Å². The normalized spacial score (nSPS) is 13.9. The van der Waals surface area contributed by atoms with Gasteiger partial charge >= 0.3 is 5.97 Å². The molecule has 1 aromatic carbocycles. The maximum Gasteiger partial charge on any atom is 0.330 e. The second-order valence-corrected chi connectivity index (χ2v) is 3.46. The van der Waals surface area contributed by atoms with Crippen molar-refractivity contribution in [3.05, 3.63) is 35.9 Å². The summed E-state index contributed by atoms with van der Waals surface area (Å²) in [6.07, 6.45) is 0. The summed E-state index contributed by atoms with van der Waals surface area (Å²) in [5.41, 5.74) is 6.07. The number of carbonyl (C=O) groups is 2. The molecule has 16 heavy (non-hydrogen) atoms. The molecule has 1 amide bonds. The average molecular weight is 222 g/mol. The molecule has 4 N–H and O–H groups in total. The molecule has 1 rings (SSSR count). The molecule has 0 aliphatic heterocycles. The molecule has 5 nitrogen and oxygen atoms in total. The van der Waals surface area contributed by atoms with E-state index in [4.69, 9.17) is 10.8 Å². The minimum Gasteiger partial charge on any atom is -0.480 e. The standard InChI is InChI=1S/C11H14N2O3/c1-7(8-5-3-2-4-6-8)13-10(14)9(12)11(15)16/h2-7,9H,12H2,1H3,(H,13,14)(H,15,16). The number of rotatable bonds is 4. The summed E-state index contributed by atoms with van der Waals surface area (Å²) in [6.45, 7) is 1.77. The molecule has 2 unspecified atom stereocenters. The summed E-state index contributed by atoms with van der Waals surface area (Å²) in [6, 6.07) is 7.45. The van der Waals surface area contributed by atoms with Crippen molar-refractivity contribution in [1.29, 1.82) is 0 Å². The molecule has 5 heteroatoms. The Morgan fingerprint density at radius 1 is 1.31 bits per heavy atom. The highest BCUT2D eigenvalue weighted by atomic mass is 16.4. The molecular weight excluding hydrogens is 208 g/mol. The van der Waals surface area contributed by atoms with E-state index in [2.05, 4.69) is 5.32 Å². The Morgan fingerprint density at radius 2 is 1.88 bits per heavy atom. The number of nitrogens with two attached hydrogens (primary N) is 1. The molecule has 0 aliphatic rings. The number of hydrogen-bond acceptors (Lipinski definition) is 3. The number of carboxylic acid groups (broad SMARTS) is 1. The van der Waals surface area contributed by atoms with Gasteiger partial charge in [-0.3, -0.25) is 4.79 Å². The fraction of sp³-hybridized carbons (Fsp3) is 0.273. The molecule has 0 fully saturated rings. The van der Waals surface area contributed by atoms with Crippen molar-refractivity contribution in [3.8, 4) is 0 Å². The van der Waals surface area contributed by atoms with Gasteiger partial charge in [-0.2, -0.15) is 0 Å². The van der Waals surface area contributed by atoms with Crippen LogP contribution in [0.2, 0.25) is 0 Å². The van der Waals surface area contributed by atoms with Crippen LogP contribution in [0.15, 0.2) is 30.3 Å². The summed E-state index contributed by atoms with van der Waals surface area (Å²) in [7, 11) is 0. The Labute approximate surface area is 93.3 Å². The van der Waals surface area contributed by atoms with E-state index in [1.807, 2.05) is 30.3 Å². The zero-order chi connectivity index (χ0) is 12.1. The van der Waals surface area contributed by atoms with E-state index < -0.39 is 17.9 Å². The van der Waals surface area contributed by atoms with Gasteiger partial charge in [-0.25, -0.2) is 4.79 Å². The van der Waals surface area contributed by atoms with Crippen LogP contribution in [0, 0.1) is 0 Å². The highest BCUT2D eigenvalue weighted by Gasteiger charge is 2.22. The minimum atomic E-state index is -1.52. The molecule has 1 aromatic rings. The number of amides is 1. The molecule has 0 spiro atoms. The van der Waals surface area contributed by atoms with Gasteiger partial charge in [0, 0.05) is 0 Å². The van der Waals surface area contributed by atoms with E-state index in [0.29, 0.717) is 0 Å². The Balaban J connectivity index is 2.62. The fourth-order valence-corrected chi connectivity index (χ4v) is 1.24. The van der Waals surface area contributed by atoms with Crippen LogP contribution in [0.3, 0.4) is 0 Å². The fourth-order valence-electron chi connectivity index (χ4n) is 1.24. The summed E-state index contributed by atoms with van der Waals surface area (Å²) >= 11 is 0. The number of carbonyl (C=O) groups excluding carboxylic acids is 1. The molecular formula is C11H14N2O3. The largest absolute Gasteiger partial charge is 0.480 e. The highest BCUT2D eigenvalue weighted by Crippen LogP contribution is 2.10. The van der Waals surface area contributed by atoms with Crippen LogP contribution in [0.25, 0.3) is 0 Å². The monoisotopic (exact) mass is 222 g/mol. The first-order valence-electron chi connectivity index (χ1n) is 4.86. The van der Waals surface area contributed by atoms with E-state index in [-0.39, 0.29) is 6.04 Å². The van der Waals surface area contributed by atoms with Gasteiger partial charge in [0.1, 0.15) is 0 Å². The lowest BCUT2D eigenvalue weighted by molar-refractivity contribution is -0.142. The van der Waals surface area contributed by atoms with Crippen LogP contribution in [0.4, 0.5) is 0 Å². The summed E-state index contributed by atoms with van der Waals surface area (Å²) < 4.78 is 0. The first-order valence-corrected chi connectivity index (χ1v) is 4.86. The van der Waals surface area contributed by atoms with Gasteiger partial charge in [-0.05, 0) is 12.5 Å². The van der Waals surface area contributed by atoms with Crippen molar-refractivity contribution < 1.29 is 14.7 Å². The van der Waals surface area contributed by atoms with E-state index in [1.54, 1.807) is 6.92 Å². The number of nitrogens with one attached hydrogen (secondary N) is 1. The third-order valence-corrected chi connectivity index (χ3v) is 2.21. The molecule has 0 aromatic heterocycles. The summed E-state index contributed by atoms with van der Waals surface area (Å²) in [4.78, 5) is 21.8. The number of carboxylic acids is 1. The van der Waals surface area contributed by atoms with Gasteiger partial charge in [0.05, 0.1) is 6.04 Å². The topological polar surface area (TPSA) is 92.4 Å². The number of benzene rings is 1. The van der Waals surface area contributed by atoms with Crippen molar-refractivity contribution in [2.45, 2.75) is 19.0 Å². The molecule has 0 bridgehead atoms. The maximum atomic E-state index is 11.4. The molecule has 0 aliphatic carbocycles. The maximum absolute atomic E-state index is 11.4. The van der Waals surface area contributed by atoms with Gasteiger partial charge in [0.25, 0.3) is 0 Å².